The number of benzene rings is 1. The number of aryl methyl sites for hydroxylation is 1. The van der Waals surface area contributed by atoms with Crippen LogP contribution in [0.15, 0.2) is 24.3 Å². The molecule has 1 N–H and O–H groups in total. The maximum atomic E-state index is 12.9. The average Bonchev–Trinajstić information content (AvgIpc) is 3.01. The number of hydrogen-bond acceptors (Lipinski definition) is 2. The number of carbonyl (C=O) groups excluding carboxylic acids is 1. The SMILES string of the molecule is Cc1ccccc1C1NC2(CCCC2)C(=O)N1CC(F)F. The molecule has 0 bridgehead atoms. The Labute approximate surface area is 123 Å². The topological polar surface area (TPSA) is 32.3 Å². The largest absolute Gasteiger partial charge is 0.316 e. The van der Waals surface area contributed by atoms with Crippen molar-refractivity contribution in [3.8, 4) is 0 Å². The van der Waals surface area contributed by atoms with E-state index >= 15 is 0 Å². The summed E-state index contributed by atoms with van der Waals surface area (Å²) in [6.45, 7) is 1.44. The third kappa shape index (κ3) is 2.44. The van der Waals surface area contributed by atoms with Crippen LogP contribution in [0.3, 0.4) is 0 Å². The maximum Gasteiger partial charge on any atom is 0.255 e. The summed E-state index contributed by atoms with van der Waals surface area (Å²) >= 11 is 0. The first kappa shape index (κ1) is 14.4. The molecule has 21 heavy (non-hydrogen) atoms. The number of hydrogen-bond donors (Lipinski definition) is 1. The first-order valence-electron chi connectivity index (χ1n) is 7.46. The van der Waals surface area contributed by atoms with Crippen molar-refractivity contribution in [3.63, 3.8) is 0 Å². The van der Waals surface area contributed by atoms with E-state index in [1.807, 2.05) is 31.2 Å². The van der Waals surface area contributed by atoms with Crippen LogP contribution in [0, 0.1) is 6.92 Å². The smallest absolute Gasteiger partial charge is 0.255 e. The third-order valence-corrected chi connectivity index (χ3v) is 4.67. The van der Waals surface area contributed by atoms with Crippen LogP contribution >= 0.6 is 0 Å². The van der Waals surface area contributed by atoms with Crippen molar-refractivity contribution in [1.29, 1.82) is 0 Å². The lowest BCUT2D eigenvalue weighted by Crippen LogP contribution is -2.44. The monoisotopic (exact) mass is 294 g/mol. The second kappa shape index (κ2) is 5.37. The van der Waals surface area contributed by atoms with E-state index in [9.17, 15) is 13.6 Å². The molecule has 3 nitrogen and oxygen atoms in total. The molecule has 3 rings (SSSR count). The first-order chi connectivity index (χ1) is 10.0. The summed E-state index contributed by atoms with van der Waals surface area (Å²) in [6.07, 6.45) is 0.482. The maximum absolute atomic E-state index is 12.9. The van der Waals surface area contributed by atoms with Crippen LogP contribution in [0.1, 0.15) is 43.0 Å². The number of rotatable bonds is 3. The zero-order chi connectivity index (χ0) is 15.0. The van der Waals surface area contributed by atoms with Gasteiger partial charge in [-0.05, 0) is 30.9 Å². The Kier molecular flexibility index (Phi) is 3.69. The number of halogens is 2. The van der Waals surface area contributed by atoms with Crippen LogP contribution in [0.4, 0.5) is 8.78 Å². The standard InChI is InChI=1S/C16H20F2N2O/c1-11-6-2-3-7-12(11)14-19-16(8-4-5-9-16)15(21)20(14)10-13(17)18/h2-3,6-7,13-14,19H,4-5,8-10H2,1H3. The molecule has 1 aromatic rings. The van der Waals surface area contributed by atoms with Gasteiger partial charge < -0.3 is 4.90 Å². The van der Waals surface area contributed by atoms with Gasteiger partial charge in [-0.3, -0.25) is 10.1 Å². The molecule has 1 aliphatic carbocycles. The molecule has 1 amide bonds. The summed E-state index contributed by atoms with van der Waals surface area (Å²) < 4.78 is 25.8. The summed E-state index contributed by atoms with van der Waals surface area (Å²) in [6, 6.07) is 7.65. The van der Waals surface area contributed by atoms with Crippen molar-refractivity contribution in [2.45, 2.75) is 50.7 Å². The van der Waals surface area contributed by atoms with Crippen molar-refractivity contribution in [3.05, 3.63) is 35.4 Å². The molecule has 114 valence electrons. The number of nitrogens with zero attached hydrogens (tertiary/aromatic N) is 1. The molecule has 1 spiro atoms. The van der Waals surface area contributed by atoms with Gasteiger partial charge in [0.2, 0.25) is 5.91 Å². The lowest BCUT2D eigenvalue weighted by Gasteiger charge is -2.25. The highest BCUT2D eigenvalue weighted by Gasteiger charge is 2.53. The molecule has 1 aliphatic heterocycles. The van der Waals surface area contributed by atoms with Crippen LogP contribution < -0.4 is 5.32 Å². The Balaban J connectivity index is 1.97. The van der Waals surface area contributed by atoms with Gasteiger partial charge in [-0.15, -0.1) is 0 Å². The van der Waals surface area contributed by atoms with Gasteiger partial charge >= 0.3 is 0 Å². The molecule has 5 heteroatoms. The fraction of sp³-hybridized carbons (Fsp3) is 0.562. The summed E-state index contributed by atoms with van der Waals surface area (Å²) in [4.78, 5) is 14.0. The van der Waals surface area contributed by atoms with Crippen molar-refractivity contribution < 1.29 is 13.6 Å². The highest BCUT2D eigenvalue weighted by molar-refractivity contribution is 5.89. The Hall–Kier alpha value is -1.49. The third-order valence-electron chi connectivity index (χ3n) is 4.67. The number of amides is 1. The van der Waals surface area contributed by atoms with E-state index in [1.54, 1.807) is 0 Å². The Morgan fingerprint density at radius 1 is 1.33 bits per heavy atom. The van der Waals surface area contributed by atoms with Crippen LogP contribution in [0.5, 0.6) is 0 Å². The van der Waals surface area contributed by atoms with Crippen molar-refractivity contribution in [2.24, 2.45) is 0 Å². The van der Waals surface area contributed by atoms with E-state index in [0.29, 0.717) is 0 Å². The second-order valence-electron chi connectivity index (χ2n) is 6.04. The van der Waals surface area contributed by atoms with Gasteiger partial charge in [0.05, 0.1) is 12.1 Å². The van der Waals surface area contributed by atoms with Gasteiger partial charge in [-0.25, -0.2) is 8.78 Å². The lowest BCUT2D eigenvalue weighted by molar-refractivity contribution is -0.135. The van der Waals surface area contributed by atoms with Gasteiger partial charge in [0.25, 0.3) is 6.43 Å². The summed E-state index contributed by atoms with van der Waals surface area (Å²) in [7, 11) is 0. The predicted molar refractivity (Wildman–Crippen MR) is 76.0 cm³/mol. The average molecular weight is 294 g/mol. The molecule has 2 aliphatic rings. The van der Waals surface area contributed by atoms with E-state index < -0.39 is 24.7 Å². The molecule has 1 heterocycles. The zero-order valence-electron chi connectivity index (χ0n) is 12.1. The Morgan fingerprint density at radius 2 is 2.00 bits per heavy atom. The van der Waals surface area contributed by atoms with Crippen LogP contribution in [-0.2, 0) is 4.79 Å². The summed E-state index contributed by atoms with van der Waals surface area (Å²) in [5.41, 5.74) is 1.30. The van der Waals surface area contributed by atoms with E-state index in [0.717, 1.165) is 36.8 Å². The fourth-order valence-electron chi connectivity index (χ4n) is 3.61. The lowest BCUT2D eigenvalue weighted by atomic mass is 9.98. The Morgan fingerprint density at radius 3 is 2.62 bits per heavy atom. The van der Waals surface area contributed by atoms with Gasteiger partial charge in [0, 0.05) is 0 Å². The van der Waals surface area contributed by atoms with E-state index in [-0.39, 0.29) is 5.91 Å². The van der Waals surface area contributed by atoms with E-state index in [4.69, 9.17) is 0 Å². The van der Waals surface area contributed by atoms with Gasteiger partial charge in [-0.1, -0.05) is 37.1 Å². The highest BCUT2D eigenvalue weighted by Crippen LogP contribution is 2.41. The minimum Gasteiger partial charge on any atom is -0.316 e. The molecule has 1 aromatic carbocycles. The minimum absolute atomic E-state index is 0.159. The molecular formula is C16H20F2N2O. The second-order valence-corrected chi connectivity index (χ2v) is 6.04. The first-order valence-corrected chi connectivity index (χ1v) is 7.46. The molecule has 1 atom stereocenters. The molecule has 2 fully saturated rings. The van der Waals surface area contributed by atoms with E-state index in [1.165, 1.54) is 4.90 Å². The fourth-order valence-corrected chi connectivity index (χ4v) is 3.61. The number of alkyl halides is 2. The van der Waals surface area contributed by atoms with Gasteiger partial charge in [0.15, 0.2) is 0 Å². The predicted octanol–water partition coefficient (Wildman–Crippen LogP) is 3.00. The number of carbonyl (C=O) groups is 1. The molecule has 1 saturated carbocycles. The van der Waals surface area contributed by atoms with Crippen molar-refractivity contribution in [1.82, 2.24) is 10.2 Å². The molecular weight excluding hydrogens is 274 g/mol. The van der Waals surface area contributed by atoms with Crippen LogP contribution in [0.2, 0.25) is 0 Å². The van der Waals surface area contributed by atoms with Crippen molar-refractivity contribution >= 4 is 5.91 Å². The van der Waals surface area contributed by atoms with Crippen molar-refractivity contribution in [2.75, 3.05) is 6.54 Å². The molecule has 0 radical (unpaired) electrons. The highest BCUT2D eigenvalue weighted by atomic mass is 19.3. The summed E-state index contributed by atoms with van der Waals surface area (Å²) in [5, 5.41) is 3.37. The molecule has 1 saturated heterocycles. The molecule has 1 unspecified atom stereocenters. The summed E-state index contributed by atoms with van der Waals surface area (Å²) in [5.74, 6) is -0.159. The molecule has 0 aromatic heterocycles. The van der Waals surface area contributed by atoms with Gasteiger partial charge in [-0.2, -0.15) is 0 Å². The van der Waals surface area contributed by atoms with Gasteiger partial charge in [0.1, 0.15) is 6.17 Å². The number of nitrogens with one attached hydrogen (secondary N) is 1. The van der Waals surface area contributed by atoms with Crippen LogP contribution in [-0.4, -0.2) is 29.3 Å². The minimum atomic E-state index is -2.51. The normalized spacial score (nSPS) is 24.5. The zero-order valence-corrected chi connectivity index (χ0v) is 12.1. The van der Waals surface area contributed by atoms with E-state index in [2.05, 4.69) is 5.32 Å². The Bertz CT molecular complexity index is 541. The van der Waals surface area contributed by atoms with Crippen LogP contribution in [0.25, 0.3) is 0 Å². The quantitative estimate of drug-likeness (QED) is 0.929.